The van der Waals surface area contributed by atoms with Gasteiger partial charge in [-0.2, -0.15) is 0 Å². The monoisotopic (exact) mass is 500 g/mol. The zero-order valence-corrected chi connectivity index (χ0v) is 21.4. The molecule has 35 heavy (non-hydrogen) atoms. The van der Waals surface area contributed by atoms with Crippen molar-refractivity contribution in [2.45, 2.75) is 20.8 Å². The molecule has 3 aromatic carbocycles. The summed E-state index contributed by atoms with van der Waals surface area (Å²) >= 11 is 0. The van der Waals surface area contributed by atoms with Gasteiger partial charge in [0, 0.05) is 0 Å². The highest BCUT2D eigenvalue weighted by Crippen LogP contribution is 2.49. The number of phosphoric acid groups is 1. The summed E-state index contributed by atoms with van der Waals surface area (Å²) < 4.78 is 46.9. The van der Waals surface area contributed by atoms with Gasteiger partial charge in [0.15, 0.2) is 0 Å². The lowest BCUT2D eigenvalue weighted by molar-refractivity contribution is 0.0805. The maximum atomic E-state index is 13.2. The molecule has 0 radical (unpaired) electrons. The van der Waals surface area contributed by atoms with Crippen LogP contribution in [-0.2, 0) is 18.1 Å². The number of hydrogen-bond donors (Lipinski definition) is 0. The third kappa shape index (κ3) is 9.04. The van der Waals surface area contributed by atoms with Gasteiger partial charge in [0.1, 0.15) is 37.1 Å². The minimum atomic E-state index is -3.86. The molecule has 0 aliphatic heterocycles. The van der Waals surface area contributed by atoms with Gasteiger partial charge in [-0.05, 0) is 55.7 Å². The Labute approximate surface area is 207 Å². The van der Waals surface area contributed by atoms with Crippen LogP contribution >= 0.6 is 7.82 Å². The Hall–Kier alpha value is -2.83. The van der Waals surface area contributed by atoms with Crippen molar-refractivity contribution in [3.8, 4) is 17.2 Å². The molecular formula is C27H33O7P. The van der Waals surface area contributed by atoms with E-state index in [1.807, 2.05) is 93.6 Å². The number of phosphoric ester groups is 1. The summed E-state index contributed by atoms with van der Waals surface area (Å²) in [7, 11) is -3.86. The topological polar surface area (TPSA) is 72.5 Å². The predicted octanol–water partition coefficient (Wildman–Crippen LogP) is 6.31. The number of benzene rings is 3. The lowest BCUT2D eigenvalue weighted by atomic mass is 10.2. The van der Waals surface area contributed by atoms with E-state index in [1.165, 1.54) is 0 Å². The second kappa shape index (κ2) is 13.9. The predicted molar refractivity (Wildman–Crippen MR) is 135 cm³/mol. The molecule has 0 unspecified atom stereocenters. The fourth-order valence-corrected chi connectivity index (χ4v) is 4.29. The van der Waals surface area contributed by atoms with Crippen molar-refractivity contribution in [1.82, 2.24) is 0 Å². The standard InChI is InChI=1S/C27H33O7P/c1-22-10-4-7-13-25(22)29-16-19-32-35(28,33-20-17-30-26-14-8-5-11-23(26)2)34-21-18-31-27-15-9-6-12-24(27)3/h4-15H,16-21H2,1-3H3. The molecule has 0 aliphatic carbocycles. The summed E-state index contributed by atoms with van der Waals surface area (Å²) in [4.78, 5) is 0. The quantitative estimate of drug-likeness (QED) is 0.179. The molecule has 0 aromatic heterocycles. The Bertz CT molecular complexity index is 965. The van der Waals surface area contributed by atoms with E-state index in [2.05, 4.69) is 0 Å². The molecule has 7 nitrogen and oxygen atoms in total. The molecule has 0 saturated carbocycles. The highest BCUT2D eigenvalue weighted by molar-refractivity contribution is 7.48. The molecule has 0 heterocycles. The van der Waals surface area contributed by atoms with Gasteiger partial charge < -0.3 is 14.2 Å². The van der Waals surface area contributed by atoms with Gasteiger partial charge in [0.25, 0.3) is 0 Å². The third-order valence-electron chi connectivity index (χ3n) is 5.05. The van der Waals surface area contributed by atoms with E-state index in [0.29, 0.717) is 0 Å². The zero-order valence-electron chi connectivity index (χ0n) is 20.5. The Morgan fingerprint density at radius 3 is 1.06 bits per heavy atom. The largest absolute Gasteiger partial charge is 0.491 e. The van der Waals surface area contributed by atoms with E-state index in [0.717, 1.165) is 33.9 Å². The molecule has 8 heteroatoms. The van der Waals surface area contributed by atoms with Gasteiger partial charge in [-0.1, -0.05) is 54.6 Å². The first-order chi connectivity index (χ1) is 17.0. The summed E-state index contributed by atoms with van der Waals surface area (Å²) in [6.45, 7) is 6.54. The SMILES string of the molecule is Cc1ccccc1OCCOP(=O)(OCCOc1ccccc1C)OCCOc1ccccc1C. The minimum Gasteiger partial charge on any atom is -0.491 e. The van der Waals surface area contributed by atoms with Crippen molar-refractivity contribution < 1.29 is 32.3 Å². The molecule has 188 valence electrons. The van der Waals surface area contributed by atoms with E-state index in [-0.39, 0.29) is 39.6 Å². The van der Waals surface area contributed by atoms with Crippen molar-refractivity contribution in [2.75, 3.05) is 39.6 Å². The second-order valence-electron chi connectivity index (χ2n) is 7.79. The van der Waals surface area contributed by atoms with Crippen LogP contribution in [0.3, 0.4) is 0 Å². The Morgan fingerprint density at radius 1 is 0.486 bits per heavy atom. The van der Waals surface area contributed by atoms with E-state index in [1.54, 1.807) is 0 Å². The summed E-state index contributed by atoms with van der Waals surface area (Å²) in [6, 6.07) is 23.0. The van der Waals surface area contributed by atoms with Gasteiger partial charge >= 0.3 is 7.82 Å². The van der Waals surface area contributed by atoms with Crippen molar-refractivity contribution in [1.29, 1.82) is 0 Å². The average molecular weight is 501 g/mol. The number of ether oxygens (including phenoxy) is 3. The Kier molecular flexibility index (Phi) is 10.6. The van der Waals surface area contributed by atoms with Crippen LogP contribution in [-0.4, -0.2) is 39.6 Å². The van der Waals surface area contributed by atoms with E-state index >= 15 is 0 Å². The minimum absolute atomic E-state index is 0.0307. The fourth-order valence-electron chi connectivity index (χ4n) is 3.17. The first-order valence-electron chi connectivity index (χ1n) is 11.6. The molecule has 3 rings (SSSR count). The number of para-hydroxylation sites is 3. The van der Waals surface area contributed by atoms with Crippen LogP contribution < -0.4 is 14.2 Å². The molecule has 3 aromatic rings. The summed E-state index contributed by atoms with van der Waals surface area (Å²) in [5, 5.41) is 0. The van der Waals surface area contributed by atoms with Gasteiger partial charge in [-0.25, -0.2) is 4.57 Å². The molecule has 0 atom stereocenters. The van der Waals surface area contributed by atoms with Gasteiger partial charge in [-0.15, -0.1) is 0 Å². The van der Waals surface area contributed by atoms with Crippen molar-refractivity contribution >= 4 is 7.82 Å². The maximum Gasteiger partial charge on any atom is 0.475 e. The summed E-state index contributed by atoms with van der Waals surface area (Å²) in [5.41, 5.74) is 3.01. The lowest BCUT2D eigenvalue weighted by Crippen LogP contribution is -2.14. The molecule has 0 amide bonds. The molecule has 0 N–H and O–H groups in total. The van der Waals surface area contributed by atoms with E-state index in [4.69, 9.17) is 27.8 Å². The Morgan fingerprint density at radius 2 is 0.771 bits per heavy atom. The van der Waals surface area contributed by atoms with Gasteiger partial charge in [0.2, 0.25) is 0 Å². The van der Waals surface area contributed by atoms with E-state index in [9.17, 15) is 4.57 Å². The molecule has 0 bridgehead atoms. The van der Waals surface area contributed by atoms with Crippen molar-refractivity contribution in [3.05, 3.63) is 89.5 Å². The normalized spacial score (nSPS) is 11.3. The van der Waals surface area contributed by atoms with Crippen LogP contribution in [0.25, 0.3) is 0 Å². The number of aryl methyl sites for hydroxylation is 3. The van der Waals surface area contributed by atoms with Crippen LogP contribution in [0.2, 0.25) is 0 Å². The Balaban J connectivity index is 1.49. The third-order valence-corrected chi connectivity index (χ3v) is 6.55. The van der Waals surface area contributed by atoms with E-state index < -0.39 is 7.82 Å². The highest BCUT2D eigenvalue weighted by atomic mass is 31.2. The summed E-state index contributed by atoms with van der Waals surface area (Å²) in [6.07, 6.45) is 0. The molecule has 0 aliphatic rings. The molecule has 0 spiro atoms. The first-order valence-corrected chi connectivity index (χ1v) is 13.0. The van der Waals surface area contributed by atoms with Crippen LogP contribution in [0, 0.1) is 20.8 Å². The zero-order chi connectivity index (χ0) is 24.9. The smallest absolute Gasteiger partial charge is 0.475 e. The second-order valence-corrected chi connectivity index (χ2v) is 9.46. The molecule has 0 fully saturated rings. The first kappa shape index (κ1) is 26.8. The van der Waals surface area contributed by atoms with Gasteiger partial charge in [0.05, 0.1) is 19.8 Å². The van der Waals surface area contributed by atoms with Crippen LogP contribution in [0.4, 0.5) is 0 Å². The average Bonchev–Trinajstić information content (AvgIpc) is 2.85. The number of hydrogen-bond acceptors (Lipinski definition) is 7. The molecule has 0 saturated heterocycles. The van der Waals surface area contributed by atoms with Crippen LogP contribution in [0.1, 0.15) is 16.7 Å². The summed E-state index contributed by atoms with van der Waals surface area (Å²) in [5.74, 6) is 2.23. The van der Waals surface area contributed by atoms with Gasteiger partial charge in [-0.3, -0.25) is 13.6 Å². The highest BCUT2D eigenvalue weighted by Gasteiger charge is 2.27. The van der Waals surface area contributed by atoms with Crippen molar-refractivity contribution in [3.63, 3.8) is 0 Å². The van der Waals surface area contributed by atoms with Crippen molar-refractivity contribution in [2.24, 2.45) is 0 Å². The lowest BCUT2D eigenvalue weighted by Gasteiger charge is -2.19. The van der Waals surface area contributed by atoms with Crippen LogP contribution in [0.5, 0.6) is 17.2 Å². The maximum absolute atomic E-state index is 13.2. The van der Waals surface area contributed by atoms with Crippen LogP contribution in [0.15, 0.2) is 72.8 Å². The number of rotatable bonds is 15. The molecular weight excluding hydrogens is 467 g/mol. The fraction of sp³-hybridized carbons (Fsp3) is 0.333.